The summed E-state index contributed by atoms with van der Waals surface area (Å²) in [5.74, 6) is -3.25. The van der Waals surface area contributed by atoms with Crippen molar-refractivity contribution in [1.29, 1.82) is 0 Å². The van der Waals surface area contributed by atoms with Crippen LogP contribution in [-0.4, -0.2) is 36.6 Å². The van der Waals surface area contributed by atoms with E-state index in [1.165, 1.54) is 6.42 Å². The molecule has 2 fully saturated rings. The van der Waals surface area contributed by atoms with E-state index in [0.717, 1.165) is 38.2 Å². The van der Waals surface area contributed by atoms with E-state index in [4.69, 9.17) is 0 Å². The first-order valence-corrected chi connectivity index (χ1v) is 7.62. The second-order valence-corrected chi connectivity index (χ2v) is 6.48. The largest absolute Gasteiger partial charge is 0.365 e. The van der Waals surface area contributed by atoms with Gasteiger partial charge in [0, 0.05) is 43.0 Å². The van der Waals surface area contributed by atoms with Crippen molar-refractivity contribution in [3.63, 3.8) is 0 Å². The molecule has 0 N–H and O–H groups in total. The van der Waals surface area contributed by atoms with Gasteiger partial charge in [-0.15, -0.1) is 0 Å². The molecule has 2 nitrogen and oxygen atoms in total. The monoisotopic (exact) mass is 298 g/mol. The molecule has 1 aromatic carbocycles. The van der Waals surface area contributed by atoms with Crippen LogP contribution in [0.2, 0.25) is 0 Å². The van der Waals surface area contributed by atoms with Crippen molar-refractivity contribution in [2.75, 3.05) is 24.5 Å². The lowest BCUT2D eigenvalue weighted by Gasteiger charge is -2.46. The third-order valence-corrected chi connectivity index (χ3v) is 4.80. The average molecular weight is 298 g/mol. The second-order valence-electron chi connectivity index (χ2n) is 6.48. The van der Waals surface area contributed by atoms with E-state index in [2.05, 4.69) is 23.6 Å². The summed E-state index contributed by atoms with van der Waals surface area (Å²) < 4.78 is 40.3. The van der Waals surface area contributed by atoms with Gasteiger partial charge < -0.3 is 4.90 Å². The van der Waals surface area contributed by atoms with Crippen molar-refractivity contribution < 1.29 is 13.2 Å². The standard InChI is InChI=1S/C16H21F3N2/c1-10(2)15-9-20-5-3-4-11(20)8-21(15)12-6-13(17)16(19)14(18)7-12/h6-7,10-11,15H,3-5,8-9H2,1-2H3. The predicted octanol–water partition coefficient (Wildman–Crippen LogP) is 3.41. The molecule has 2 aliphatic heterocycles. The Labute approximate surface area is 123 Å². The van der Waals surface area contributed by atoms with Gasteiger partial charge in [0.25, 0.3) is 0 Å². The van der Waals surface area contributed by atoms with Crippen LogP contribution in [0.3, 0.4) is 0 Å². The maximum Gasteiger partial charge on any atom is 0.194 e. The normalized spacial score (nSPS) is 26.5. The maximum absolute atomic E-state index is 13.5. The first-order chi connectivity index (χ1) is 9.97. The SMILES string of the molecule is CC(C)C1CN2CCCC2CN1c1cc(F)c(F)c(F)c1. The number of nitrogens with zero attached hydrogens (tertiary/aromatic N) is 2. The van der Waals surface area contributed by atoms with Crippen LogP contribution in [-0.2, 0) is 0 Å². The highest BCUT2D eigenvalue weighted by atomic mass is 19.2. The van der Waals surface area contributed by atoms with E-state index in [9.17, 15) is 13.2 Å². The molecule has 2 saturated heterocycles. The van der Waals surface area contributed by atoms with Crippen molar-refractivity contribution >= 4 is 5.69 Å². The minimum Gasteiger partial charge on any atom is -0.365 e. The van der Waals surface area contributed by atoms with E-state index in [0.29, 0.717) is 17.6 Å². The lowest BCUT2D eigenvalue weighted by atomic mass is 9.96. The Morgan fingerprint density at radius 3 is 2.38 bits per heavy atom. The van der Waals surface area contributed by atoms with Crippen LogP contribution >= 0.6 is 0 Å². The van der Waals surface area contributed by atoms with Gasteiger partial charge in [-0.2, -0.15) is 0 Å². The molecular weight excluding hydrogens is 277 g/mol. The number of anilines is 1. The van der Waals surface area contributed by atoms with Gasteiger partial charge in [-0.05, 0) is 25.3 Å². The number of hydrogen-bond donors (Lipinski definition) is 0. The molecule has 0 spiro atoms. The van der Waals surface area contributed by atoms with Crippen molar-refractivity contribution in [3.05, 3.63) is 29.6 Å². The summed E-state index contributed by atoms with van der Waals surface area (Å²) in [6.07, 6.45) is 2.29. The highest BCUT2D eigenvalue weighted by Gasteiger charge is 2.37. The van der Waals surface area contributed by atoms with Crippen LogP contribution in [0.1, 0.15) is 26.7 Å². The lowest BCUT2D eigenvalue weighted by molar-refractivity contribution is 0.176. The number of halogens is 3. The molecule has 0 aliphatic carbocycles. The zero-order chi connectivity index (χ0) is 15.1. The zero-order valence-corrected chi connectivity index (χ0v) is 12.5. The molecular formula is C16H21F3N2. The fourth-order valence-corrected chi connectivity index (χ4v) is 3.62. The van der Waals surface area contributed by atoms with E-state index in [1.807, 2.05) is 0 Å². The number of piperazine rings is 1. The molecule has 2 unspecified atom stereocenters. The van der Waals surface area contributed by atoms with E-state index < -0.39 is 17.5 Å². The van der Waals surface area contributed by atoms with Gasteiger partial charge in [0.15, 0.2) is 17.5 Å². The summed E-state index contributed by atoms with van der Waals surface area (Å²) in [6.45, 7) is 7.00. The smallest absolute Gasteiger partial charge is 0.194 e. The van der Waals surface area contributed by atoms with Crippen LogP contribution in [0.15, 0.2) is 12.1 Å². The Hall–Kier alpha value is -1.23. The van der Waals surface area contributed by atoms with Crippen LogP contribution in [0.4, 0.5) is 18.9 Å². The minimum atomic E-state index is -1.39. The van der Waals surface area contributed by atoms with Crippen molar-refractivity contribution in [2.45, 2.75) is 38.8 Å². The van der Waals surface area contributed by atoms with Crippen LogP contribution in [0.25, 0.3) is 0 Å². The molecule has 1 aromatic rings. The van der Waals surface area contributed by atoms with E-state index in [-0.39, 0.29) is 6.04 Å². The van der Waals surface area contributed by atoms with Crippen molar-refractivity contribution in [1.82, 2.24) is 4.90 Å². The Kier molecular flexibility index (Phi) is 3.86. The predicted molar refractivity (Wildman–Crippen MR) is 76.9 cm³/mol. The molecule has 2 heterocycles. The van der Waals surface area contributed by atoms with Gasteiger partial charge in [-0.1, -0.05) is 13.8 Å². The van der Waals surface area contributed by atoms with E-state index in [1.54, 1.807) is 0 Å². The van der Waals surface area contributed by atoms with Gasteiger partial charge in [-0.3, -0.25) is 4.90 Å². The average Bonchev–Trinajstić information content (AvgIpc) is 2.90. The highest BCUT2D eigenvalue weighted by molar-refractivity contribution is 5.49. The van der Waals surface area contributed by atoms with Gasteiger partial charge in [0.2, 0.25) is 0 Å². The first-order valence-electron chi connectivity index (χ1n) is 7.62. The van der Waals surface area contributed by atoms with Crippen LogP contribution in [0, 0.1) is 23.4 Å². The summed E-state index contributed by atoms with van der Waals surface area (Å²) in [5, 5.41) is 0. The van der Waals surface area contributed by atoms with Gasteiger partial charge in [0.1, 0.15) is 0 Å². The third-order valence-electron chi connectivity index (χ3n) is 4.80. The van der Waals surface area contributed by atoms with Gasteiger partial charge >= 0.3 is 0 Å². The highest BCUT2D eigenvalue weighted by Crippen LogP contribution is 2.32. The van der Waals surface area contributed by atoms with Crippen molar-refractivity contribution in [2.24, 2.45) is 5.92 Å². The number of fused-ring (bicyclic) bond motifs is 1. The van der Waals surface area contributed by atoms with Gasteiger partial charge in [-0.25, -0.2) is 13.2 Å². The quantitative estimate of drug-likeness (QED) is 0.772. The molecule has 0 aromatic heterocycles. The topological polar surface area (TPSA) is 6.48 Å². The molecule has 0 saturated carbocycles. The Morgan fingerprint density at radius 1 is 1.10 bits per heavy atom. The van der Waals surface area contributed by atoms with E-state index >= 15 is 0 Å². The second kappa shape index (κ2) is 5.52. The fourth-order valence-electron chi connectivity index (χ4n) is 3.62. The molecule has 2 aliphatic rings. The molecule has 0 amide bonds. The van der Waals surface area contributed by atoms with Crippen molar-refractivity contribution in [3.8, 4) is 0 Å². The molecule has 3 rings (SSSR count). The summed E-state index contributed by atoms with van der Waals surface area (Å²) in [5.41, 5.74) is 0.455. The molecule has 0 radical (unpaired) electrons. The molecule has 116 valence electrons. The molecule has 21 heavy (non-hydrogen) atoms. The van der Waals surface area contributed by atoms with Crippen LogP contribution in [0.5, 0.6) is 0 Å². The summed E-state index contributed by atoms with van der Waals surface area (Å²) >= 11 is 0. The molecule has 2 atom stereocenters. The van der Waals surface area contributed by atoms with Gasteiger partial charge in [0.05, 0.1) is 0 Å². The lowest BCUT2D eigenvalue weighted by Crippen LogP contribution is -2.58. The Balaban J connectivity index is 1.94. The minimum absolute atomic E-state index is 0.198. The number of benzene rings is 1. The number of rotatable bonds is 2. The fraction of sp³-hybridized carbons (Fsp3) is 0.625. The zero-order valence-electron chi connectivity index (χ0n) is 12.5. The maximum atomic E-state index is 13.5. The summed E-state index contributed by atoms with van der Waals surface area (Å²) in [4.78, 5) is 4.53. The molecule has 0 bridgehead atoms. The third kappa shape index (κ3) is 2.63. The summed E-state index contributed by atoms with van der Waals surface area (Å²) in [7, 11) is 0. The first kappa shape index (κ1) is 14.7. The Morgan fingerprint density at radius 2 is 1.76 bits per heavy atom. The number of hydrogen-bond acceptors (Lipinski definition) is 2. The summed E-state index contributed by atoms with van der Waals surface area (Å²) in [6, 6.07) is 2.89. The molecule has 5 heteroatoms. The Bertz CT molecular complexity index is 509. The van der Waals surface area contributed by atoms with Crippen LogP contribution < -0.4 is 4.90 Å².